The van der Waals surface area contributed by atoms with Crippen LogP contribution in [-0.2, 0) is 6.42 Å². The highest BCUT2D eigenvalue weighted by atomic mass is 31.0. The number of pyridine rings is 1. The minimum absolute atomic E-state index is 0.110. The molecule has 1 unspecified atom stereocenters. The maximum atomic E-state index is 6.57. The zero-order valence-corrected chi connectivity index (χ0v) is 27.3. The minimum atomic E-state index is 0.110. The van der Waals surface area contributed by atoms with Gasteiger partial charge in [0, 0.05) is 35.7 Å². The summed E-state index contributed by atoms with van der Waals surface area (Å²) in [6, 6.07) is 13.5. The Morgan fingerprint density at radius 3 is 2.65 bits per heavy atom. The molecular weight excluding hydrogens is 551 g/mol. The van der Waals surface area contributed by atoms with Crippen molar-refractivity contribution in [3.63, 3.8) is 0 Å². The van der Waals surface area contributed by atoms with Crippen molar-refractivity contribution < 1.29 is 4.74 Å². The van der Waals surface area contributed by atoms with Crippen LogP contribution in [0.4, 0.5) is 5.82 Å². The van der Waals surface area contributed by atoms with Crippen molar-refractivity contribution in [1.82, 2.24) is 24.8 Å². The molecule has 0 bridgehead atoms. The standard InChI is InChI=1S/C35H45N6OP/c1-5-24-10-6-11-25-12-7-13-26(28(24)25)29-31(43)30-27(19-36-29)32(37-21-34(40(3)4)14-8-15-34)39-33(38-30)42-22-35-16-9-17-41(35)20-23(2)18-35/h6-7,10-13,19,23H,5,8-9,14-18,20-22,43H2,1-4H3,(H,37,38,39)/t23-,35+/m1/s1. The summed E-state index contributed by atoms with van der Waals surface area (Å²) in [7, 11) is 7.34. The smallest absolute Gasteiger partial charge is 0.319 e. The van der Waals surface area contributed by atoms with Gasteiger partial charge in [0.25, 0.3) is 0 Å². The summed E-state index contributed by atoms with van der Waals surface area (Å²) in [6.45, 7) is 8.38. The molecule has 1 N–H and O–H groups in total. The number of nitrogens with one attached hydrogen (secondary N) is 1. The van der Waals surface area contributed by atoms with E-state index in [9.17, 15) is 0 Å². The Hall–Kier alpha value is -2.86. The molecule has 0 radical (unpaired) electrons. The average Bonchev–Trinajstić information content (AvgIpc) is 3.50. The molecule has 2 aliphatic heterocycles. The highest BCUT2D eigenvalue weighted by molar-refractivity contribution is 7.28. The molecule has 8 heteroatoms. The van der Waals surface area contributed by atoms with Gasteiger partial charge >= 0.3 is 6.01 Å². The fourth-order valence-electron chi connectivity index (χ4n) is 8.05. The summed E-state index contributed by atoms with van der Waals surface area (Å²) in [5, 5.41) is 8.14. The van der Waals surface area contributed by atoms with E-state index in [4.69, 9.17) is 19.7 Å². The van der Waals surface area contributed by atoms with Crippen LogP contribution < -0.4 is 15.4 Å². The van der Waals surface area contributed by atoms with Gasteiger partial charge in [-0.25, -0.2) is 0 Å². The van der Waals surface area contributed by atoms with Crippen LogP contribution in [0.5, 0.6) is 6.01 Å². The first-order valence-electron chi connectivity index (χ1n) is 16.1. The van der Waals surface area contributed by atoms with E-state index >= 15 is 0 Å². The second-order valence-corrected chi connectivity index (χ2v) is 14.1. The average molecular weight is 597 g/mol. The fraction of sp³-hybridized carbons (Fsp3) is 0.514. The lowest BCUT2D eigenvalue weighted by molar-refractivity contribution is 0.0738. The first kappa shape index (κ1) is 28.9. The molecule has 3 fully saturated rings. The molecule has 3 aliphatic rings. The molecule has 4 heterocycles. The summed E-state index contributed by atoms with van der Waals surface area (Å²) in [6.07, 6.45) is 10.2. The Labute approximate surface area is 258 Å². The highest BCUT2D eigenvalue weighted by Crippen LogP contribution is 2.42. The predicted molar refractivity (Wildman–Crippen MR) is 181 cm³/mol. The summed E-state index contributed by atoms with van der Waals surface area (Å²) in [5.74, 6) is 1.51. The van der Waals surface area contributed by atoms with Crippen LogP contribution >= 0.6 is 9.24 Å². The van der Waals surface area contributed by atoms with E-state index in [0.29, 0.717) is 18.5 Å². The maximum Gasteiger partial charge on any atom is 0.319 e. The summed E-state index contributed by atoms with van der Waals surface area (Å²) in [4.78, 5) is 20.2. The van der Waals surface area contributed by atoms with Crippen molar-refractivity contribution in [3.8, 4) is 17.3 Å². The molecule has 4 aromatic rings. The number of hydrogen-bond acceptors (Lipinski definition) is 7. The lowest BCUT2D eigenvalue weighted by Crippen LogP contribution is -2.54. The van der Waals surface area contributed by atoms with Crippen LogP contribution in [0.15, 0.2) is 42.6 Å². The fourth-order valence-corrected chi connectivity index (χ4v) is 8.50. The number of aromatic nitrogens is 3. The lowest BCUT2D eigenvalue weighted by atomic mass is 9.75. The number of ether oxygens (including phenoxy) is 1. The summed E-state index contributed by atoms with van der Waals surface area (Å²) in [5.41, 5.74) is 4.54. The third kappa shape index (κ3) is 4.98. The number of likely N-dealkylation sites (N-methyl/N-ethyl adjacent to an activating group) is 1. The van der Waals surface area contributed by atoms with E-state index in [1.165, 1.54) is 61.4 Å². The van der Waals surface area contributed by atoms with E-state index in [0.717, 1.165) is 52.8 Å². The van der Waals surface area contributed by atoms with E-state index in [-0.39, 0.29) is 11.1 Å². The number of anilines is 1. The monoisotopic (exact) mass is 596 g/mol. The Balaban J connectivity index is 1.31. The van der Waals surface area contributed by atoms with Crippen LogP contribution in [0, 0.1) is 5.92 Å². The third-order valence-electron chi connectivity index (χ3n) is 10.7. The van der Waals surface area contributed by atoms with Crippen molar-refractivity contribution in [2.75, 3.05) is 45.7 Å². The Morgan fingerprint density at radius 2 is 1.91 bits per heavy atom. The predicted octanol–water partition coefficient (Wildman–Crippen LogP) is 6.06. The molecule has 2 saturated heterocycles. The molecule has 7 nitrogen and oxygen atoms in total. The Morgan fingerprint density at radius 1 is 1.09 bits per heavy atom. The molecule has 0 amide bonds. The molecule has 1 saturated carbocycles. The zero-order chi connectivity index (χ0) is 29.8. The lowest BCUT2D eigenvalue weighted by Gasteiger charge is -2.47. The van der Waals surface area contributed by atoms with Gasteiger partial charge in [-0.3, -0.25) is 9.88 Å². The van der Waals surface area contributed by atoms with Gasteiger partial charge < -0.3 is 15.0 Å². The molecular formula is C35H45N6OP. The second-order valence-electron chi connectivity index (χ2n) is 13.5. The summed E-state index contributed by atoms with van der Waals surface area (Å²) >= 11 is 0. The Kier molecular flexibility index (Phi) is 7.56. The van der Waals surface area contributed by atoms with E-state index in [1.54, 1.807) is 0 Å². The zero-order valence-electron chi connectivity index (χ0n) is 26.1. The van der Waals surface area contributed by atoms with Gasteiger partial charge in [0.1, 0.15) is 12.4 Å². The molecule has 226 valence electrons. The van der Waals surface area contributed by atoms with Crippen LogP contribution in [0.2, 0.25) is 0 Å². The van der Waals surface area contributed by atoms with Gasteiger partial charge in [-0.15, -0.1) is 9.24 Å². The van der Waals surface area contributed by atoms with Crippen molar-refractivity contribution in [1.29, 1.82) is 0 Å². The van der Waals surface area contributed by atoms with E-state index in [2.05, 4.69) is 88.7 Å². The van der Waals surface area contributed by atoms with Gasteiger partial charge in [-0.1, -0.05) is 50.2 Å². The molecule has 7 rings (SSSR count). The number of benzene rings is 2. The van der Waals surface area contributed by atoms with Crippen molar-refractivity contribution in [3.05, 3.63) is 48.2 Å². The topological polar surface area (TPSA) is 66.4 Å². The van der Waals surface area contributed by atoms with Crippen LogP contribution in [0.3, 0.4) is 0 Å². The van der Waals surface area contributed by atoms with E-state index in [1.807, 2.05) is 6.20 Å². The van der Waals surface area contributed by atoms with Crippen molar-refractivity contribution in [2.45, 2.75) is 69.9 Å². The van der Waals surface area contributed by atoms with Crippen LogP contribution in [-0.4, -0.2) is 76.2 Å². The van der Waals surface area contributed by atoms with Crippen LogP contribution in [0.1, 0.15) is 57.9 Å². The number of nitrogens with zero attached hydrogens (tertiary/aromatic N) is 5. The molecule has 2 aromatic heterocycles. The van der Waals surface area contributed by atoms with E-state index < -0.39 is 0 Å². The van der Waals surface area contributed by atoms with Gasteiger partial charge in [-0.05, 0) is 87.8 Å². The van der Waals surface area contributed by atoms with Gasteiger partial charge in [0.2, 0.25) is 0 Å². The van der Waals surface area contributed by atoms with Crippen LogP contribution in [0.25, 0.3) is 32.9 Å². The Bertz CT molecular complexity index is 1660. The molecule has 0 spiro atoms. The molecule has 43 heavy (non-hydrogen) atoms. The third-order valence-corrected chi connectivity index (χ3v) is 11.2. The van der Waals surface area contributed by atoms with Gasteiger partial charge in [-0.2, -0.15) is 9.97 Å². The number of rotatable bonds is 9. The SMILES string of the molecule is CCc1cccc2cccc(-c3ncc4c(NCC5(N(C)C)CCC5)nc(OC[C@@]56CCCN5C[C@H](C)C6)nc4c3P)c12. The number of aryl methyl sites for hydroxylation is 1. The van der Waals surface area contributed by atoms with Gasteiger partial charge in [0.15, 0.2) is 0 Å². The quantitative estimate of drug-likeness (QED) is 0.236. The molecule has 3 atom stereocenters. The molecule has 1 aliphatic carbocycles. The number of hydrogen-bond donors (Lipinski definition) is 1. The molecule has 2 aromatic carbocycles. The highest BCUT2D eigenvalue weighted by Gasteiger charge is 2.48. The van der Waals surface area contributed by atoms with Crippen molar-refractivity contribution in [2.24, 2.45) is 5.92 Å². The second kappa shape index (κ2) is 11.3. The minimum Gasteiger partial charge on any atom is -0.461 e. The maximum absolute atomic E-state index is 6.57. The summed E-state index contributed by atoms with van der Waals surface area (Å²) < 4.78 is 6.57. The van der Waals surface area contributed by atoms with Gasteiger partial charge in [0.05, 0.1) is 22.1 Å². The first-order chi connectivity index (χ1) is 20.8. The first-order valence-corrected chi connectivity index (χ1v) is 16.7. The van der Waals surface area contributed by atoms with Crippen molar-refractivity contribution >= 4 is 42.0 Å². The largest absolute Gasteiger partial charge is 0.461 e. The normalized spacial score (nSPS) is 23.2. The number of fused-ring (bicyclic) bond motifs is 3.